The first-order valence-corrected chi connectivity index (χ1v) is 2.88. The molecule has 1 heterocycles. The van der Waals surface area contributed by atoms with E-state index in [4.69, 9.17) is 0 Å². The van der Waals surface area contributed by atoms with E-state index >= 15 is 0 Å². The lowest BCUT2D eigenvalue weighted by Crippen LogP contribution is -2.10. The van der Waals surface area contributed by atoms with Gasteiger partial charge in [-0.25, -0.2) is 0 Å². The molecule has 0 radical (unpaired) electrons. The molecule has 0 atom stereocenters. The minimum atomic E-state index is -0.333. The van der Waals surface area contributed by atoms with Crippen molar-refractivity contribution < 1.29 is 4.79 Å². The average molecular weight is 137 g/mol. The molecule has 1 aromatic rings. The first kappa shape index (κ1) is 6.74. The number of rotatable bonds is 1. The minimum absolute atomic E-state index is 0.181. The zero-order chi connectivity index (χ0) is 7.56. The Kier molecular flexibility index (Phi) is 1.67. The second-order valence-corrected chi connectivity index (χ2v) is 2.08. The number of H-pyrrole nitrogens is 1. The molecule has 1 N–H and O–H groups in total. The van der Waals surface area contributed by atoms with Crippen molar-refractivity contribution in [1.29, 1.82) is 0 Å². The van der Waals surface area contributed by atoms with Crippen LogP contribution >= 0.6 is 0 Å². The summed E-state index contributed by atoms with van der Waals surface area (Å²) in [5.41, 5.74) is 0.724. The topological polar surface area (TPSA) is 49.9 Å². The van der Waals surface area contributed by atoms with Gasteiger partial charge in [-0.2, -0.15) is 0 Å². The SMILES string of the molecule is Cc1c[nH]c(=O)c(C=O)c1. The van der Waals surface area contributed by atoms with Crippen LogP contribution in [0.25, 0.3) is 0 Å². The van der Waals surface area contributed by atoms with Gasteiger partial charge >= 0.3 is 0 Å². The molecule has 0 aromatic carbocycles. The fraction of sp³-hybridized carbons (Fsp3) is 0.143. The van der Waals surface area contributed by atoms with Crippen LogP contribution in [0.3, 0.4) is 0 Å². The molecule has 1 rings (SSSR count). The Morgan fingerprint density at radius 2 is 2.30 bits per heavy atom. The van der Waals surface area contributed by atoms with Gasteiger partial charge in [-0.3, -0.25) is 9.59 Å². The normalized spacial score (nSPS) is 9.30. The number of carbonyl (C=O) groups is 1. The lowest BCUT2D eigenvalue weighted by molar-refractivity contribution is 0.112. The molecule has 3 heteroatoms. The Labute approximate surface area is 57.7 Å². The van der Waals surface area contributed by atoms with Gasteiger partial charge in [0.05, 0.1) is 5.56 Å². The fourth-order valence-electron chi connectivity index (χ4n) is 0.703. The molecule has 0 saturated heterocycles. The summed E-state index contributed by atoms with van der Waals surface area (Å²) in [7, 11) is 0. The second kappa shape index (κ2) is 2.47. The number of aromatic nitrogens is 1. The highest BCUT2D eigenvalue weighted by Crippen LogP contribution is 1.91. The highest BCUT2D eigenvalue weighted by atomic mass is 16.1. The number of nitrogens with one attached hydrogen (secondary N) is 1. The van der Waals surface area contributed by atoms with Crippen LogP contribution in [0.1, 0.15) is 15.9 Å². The van der Waals surface area contributed by atoms with E-state index in [1.54, 1.807) is 12.3 Å². The third-order valence-electron chi connectivity index (χ3n) is 1.20. The summed E-state index contributed by atoms with van der Waals surface area (Å²) in [5.74, 6) is 0. The van der Waals surface area contributed by atoms with Crippen LogP contribution in [0.5, 0.6) is 0 Å². The summed E-state index contributed by atoms with van der Waals surface area (Å²) in [6.45, 7) is 1.81. The third-order valence-corrected chi connectivity index (χ3v) is 1.20. The Morgan fingerprint density at radius 3 is 2.80 bits per heavy atom. The van der Waals surface area contributed by atoms with Gasteiger partial charge in [-0.1, -0.05) is 0 Å². The van der Waals surface area contributed by atoms with Crippen molar-refractivity contribution >= 4 is 6.29 Å². The number of aldehydes is 1. The molecular formula is C7H7NO2. The first-order chi connectivity index (χ1) is 4.74. The smallest absolute Gasteiger partial charge is 0.258 e. The van der Waals surface area contributed by atoms with Gasteiger partial charge < -0.3 is 4.98 Å². The largest absolute Gasteiger partial charge is 0.328 e. The number of aryl methyl sites for hydroxylation is 1. The van der Waals surface area contributed by atoms with E-state index in [9.17, 15) is 9.59 Å². The number of hydrogen-bond acceptors (Lipinski definition) is 2. The van der Waals surface area contributed by atoms with Crippen LogP contribution in [0.2, 0.25) is 0 Å². The van der Waals surface area contributed by atoms with Gasteiger partial charge in [0, 0.05) is 6.20 Å². The van der Waals surface area contributed by atoms with E-state index in [1.807, 2.05) is 6.92 Å². The summed E-state index contributed by atoms with van der Waals surface area (Å²) in [6.07, 6.45) is 2.11. The predicted molar refractivity (Wildman–Crippen MR) is 37.2 cm³/mol. The van der Waals surface area contributed by atoms with Gasteiger partial charge in [0.25, 0.3) is 5.56 Å². The van der Waals surface area contributed by atoms with Crippen molar-refractivity contribution in [1.82, 2.24) is 4.98 Å². The molecule has 0 unspecified atom stereocenters. The monoisotopic (exact) mass is 137 g/mol. The van der Waals surface area contributed by atoms with Crippen LogP contribution < -0.4 is 5.56 Å². The number of hydrogen-bond donors (Lipinski definition) is 1. The summed E-state index contributed by atoms with van der Waals surface area (Å²) >= 11 is 0. The van der Waals surface area contributed by atoms with Gasteiger partial charge in [0.2, 0.25) is 0 Å². The zero-order valence-corrected chi connectivity index (χ0v) is 5.55. The van der Waals surface area contributed by atoms with Crippen molar-refractivity contribution in [2.24, 2.45) is 0 Å². The van der Waals surface area contributed by atoms with Crippen LogP contribution in [0, 0.1) is 6.92 Å². The maximum Gasteiger partial charge on any atom is 0.258 e. The van der Waals surface area contributed by atoms with Gasteiger partial charge in [0.15, 0.2) is 6.29 Å². The van der Waals surface area contributed by atoms with Crippen molar-refractivity contribution in [2.75, 3.05) is 0 Å². The fourth-order valence-corrected chi connectivity index (χ4v) is 0.703. The van der Waals surface area contributed by atoms with Crippen molar-refractivity contribution in [2.45, 2.75) is 6.92 Å². The third kappa shape index (κ3) is 1.13. The van der Waals surface area contributed by atoms with Crippen LogP contribution in [-0.2, 0) is 0 Å². The molecule has 0 aliphatic rings. The van der Waals surface area contributed by atoms with E-state index in [1.165, 1.54) is 0 Å². The van der Waals surface area contributed by atoms with E-state index < -0.39 is 0 Å². The molecule has 0 spiro atoms. The Hall–Kier alpha value is -1.38. The van der Waals surface area contributed by atoms with E-state index in [0.717, 1.165) is 5.56 Å². The standard InChI is InChI=1S/C7H7NO2/c1-5-2-6(4-9)7(10)8-3-5/h2-4H,1H3,(H,8,10). The van der Waals surface area contributed by atoms with Crippen LogP contribution in [0.4, 0.5) is 0 Å². The molecule has 1 aromatic heterocycles. The van der Waals surface area contributed by atoms with Gasteiger partial charge in [-0.15, -0.1) is 0 Å². The lowest BCUT2D eigenvalue weighted by atomic mass is 10.2. The molecule has 0 fully saturated rings. The van der Waals surface area contributed by atoms with Crippen molar-refractivity contribution in [3.8, 4) is 0 Å². The molecule has 10 heavy (non-hydrogen) atoms. The zero-order valence-electron chi connectivity index (χ0n) is 5.55. The van der Waals surface area contributed by atoms with E-state index in [-0.39, 0.29) is 11.1 Å². The number of carbonyl (C=O) groups excluding carboxylic acids is 1. The Morgan fingerprint density at radius 1 is 1.60 bits per heavy atom. The molecule has 0 aliphatic heterocycles. The molecule has 0 saturated carbocycles. The summed E-state index contributed by atoms with van der Waals surface area (Å²) in [6, 6.07) is 1.55. The summed E-state index contributed by atoms with van der Waals surface area (Å²) in [4.78, 5) is 23.3. The van der Waals surface area contributed by atoms with Crippen molar-refractivity contribution in [3.63, 3.8) is 0 Å². The molecule has 0 amide bonds. The highest BCUT2D eigenvalue weighted by molar-refractivity contribution is 5.74. The van der Waals surface area contributed by atoms with Crippen LogP contribution in [-0.4, -0.2) is 11.3 Å². The Bertz CT molecular complexity index is 301. The second-order valence-electron chi connectivity index (χ2n) is 2.08. The maximum atomic E-state index is 10.7. The summed E-state index contributed by atoms with van der Waals surface area (Å²) in [5, 5.41) is 0. The average Bonchev–Trinajstić information content (AvgIpc) is 1.94. The summed E-state index contributed by atoms with van der Waals surface area (Å²) < 4.78 is 0. The Balaban J connectivity index is 3.35. The number of aromatic amines is 1. The predicted octanol–water partition coefficient (Wildman–Crippen LogP) is 0.496. The quantitative estimate of drug-likeness (QED) is 0.573. The molecular weight excluding hydrogens is 130 g/mol. The van der Waals surface area contributed by atoms with E-state index in [2.05, 4.69) is 4.98 Å². The lowest BCUT2D eigenvalue weighted by Gasteiger charge is -1.90. The number of pyridine rings is 1. The van der Waals surface area contributed by atoms with Gasteiger partial charge in [-0.05, 0) is 18.6 Å². The molecule has 0 bridgehead atoms. The minimum Gasteiger partial charge on any atom is -0.328 e. The van der Waals surface area contributed by atoms with E-state index in [0.29, 0.717) is 6.29 Å². The highest BCUT2D eigenvalue weighted by Gasteiger charge is 1.94. The van der Waals surface area contributed by atoms with Crippen molar-refractivity contribution in [3.05, 3.63) is 33.7 Å². The molecule has 3 nitrogen and oxygen atoms in total. The molecule has 0 aliphatic carbocycles. The first-order valence-electron chi connectivity index (χ1n) is 2.88. The molecule has 52 valence electrons. The van der Waals surface area contributed by atoms with Crippen LogP contribution in [0.15, 0.2) is 17.1 Å². The van der Waals surface area contributed by atoms with Gasteiger partial charge in [0.1, 0.15) is 0 Å². The maximum absolute atomic E-state index is 10.7.